The third-order valence-electron chi connectivity index (χ3n) is 5.28. The number of anilines is 3. The number of benzene rings is 3. The van der Waals surface area contributed by atoms with Crippen LogP contribution < -0.4 is 4.90 Å². The van der Waals surface area contributed by atoms with Gasteiger partial charge in [-0.05, 0) is 49.8 Å². The summed E-state index contributed by atoms with van der Waals surface area (Å²) in [5, 5.41) is 0. The highest BCUT2D eigenvalue weighted by Gasteiger charge is 2.19. The molecule has 0 amide bonds. The Labute approximate surface area is 173 Å². The first-order chi connectivity index (χ1) is 14.0. The number of hydrogen-bond donors (Lipinski definition) is 0. The molecule has 0 unspecified atom stereocenters. The van der Waals surface area contributed by atoms with Crippen LogP contribution in [0.15, 0.2) is 91.2 Å². The van der Waals surface area contributed by atoms with Gasteiger partial charge in [-0.3, -0.25) is 4.58 Å². The lowest BCUT2D eigenvalue weighted by Crippen LogP contribution is -2.16. The van der Waals surface area contributed by atoms with Crippen molar-refractivity contribution in [3.05, 3.63) is 119 Å². The first-order valence-corrected chi connectivity index (χ1v) is 9.89. The van der Waals surface area contributed by atoms with Crippen molar-refractivity contribution in [3.63, 3.8) is 0 Å². The minimum Gasteiger partial charge on any atom is -0.316 e. The Hall–Kier alpha value is -3.52. The van der Waals surface area contributed by atoms with Crippen LogP contribution in [-0.4, -0.2) is 11.3 Å². The van der Waals surface area contributed by atoms with Crippen LogP contribution in [0.3, 0.4) is 0 Å². The largest absolute Gasteiger partial charge is 0.316 e. The summed E-state index contributed by atoms with van der Waals surface area (Å²) in [5.41, 5.74) is 8.33. The molecule has 2 nitrogen and oxygen atoms in total. The molecule has 4 rings (SSSR count). The third kappa shape index (κ3) is 3.88. The van der Waals surface area contributed by atoms with Crippen molar-refractivity contribution in [1.82, 2.24) is 0 Å². The molecule has 0 saturated carbocycles. The van der Waals surface area contributed by atoms with Gasteiger partial charge in [0.05, 0.1) is 6.72 Å². The van der Waals surface area contributed by atoms with Crippen LogP contribution in [0.25, 0.3) is 0 Å². The van der Waals surface area contributed by atoms with E-state index in [2.05, 4.69) is 111 Å². The SMILES string of the molecule is C=[N+]1C=CC=C[C-]1c1cc(N(c2ccc(C)cc2)c2ccc(C)cc2)ccc1C. The highest BCUT2D eigenvalue weighted by molar-refractivity contribution is 5.77. The Morgan fingerprint density at radius 3 is 1.83 bits per heavy atom. The van der Waals surface area contributed by atoms with Crippen LogP contribution in [0.4, 0.5) is 17.1 Å². The topological polar surface area (TPSA) is 6.25 Å². The van der Waals surface area contributed by atoms with Gasteiger partial charge in [0.15, 0.2) is 0 Å². The molecule has 3 aromatic carbocycles. The smallest absolute Gasteiger partial charge is 0.147 e. The summed E-state index contributed by atoms with van der Waals surface area (Å²) in [7, 11) is 0. The lowest BCUT2D eigenvalue weighted by Gasteiger charge is -2.28. The van der Waals surface area contributed by atoms with E-state index >= 15 is 0 Å². The fourth-order valence-electron chi connectivity index (χ4n) is 3.58. The molecular weight excluding hydrogens is 352 g/mol. The maximum Gasteiger partial charge on any atom is 0.147 e. The molecule has 0 aliphatic carbocycles. The zero-order chi connectivity index (χ0) is 20.4. The molecule has 0 radical (unpaired) electrons. The maximum absolute atomic E-state index is 4.15. The Morgan fingerprint density at radius 2 is 1.28 bits per heavy atom. The predicted molar refractivity (Wildman–Crippen MR) is 123 cm³/mol. The van der Waals surface area contributed by atoms with E-state index in [-0.39, 0.29) is 0 Å². The fraction of sp³-hybridized carbons (Fsp3) is 0.111. The molecule has 0 aromatic heterocycles. The van der Waals surface area contributed by atoms with Crippen molar-refractivity contribution in [2.45, 2.75) is 20.8 Å². The molecule has 1 aliphatic heterocycles. The Kier molecular flexibility index (Phi) is 5.09. The van der Waals surface area contributed by atoms with Gasteiger partial charge in [-0.25, -0.2) is 0 Å². The summed E-state index contributed by atoms with van der Waals surface area (Å²) < 4.78 is 1.92. The molecule has 29 heavy (non-hydrogen) atoms. The predicted octanol–water partition coefficient (Wildman–Crippen LogP) is 6.76. The van der Waals surface area contributed by atoms with Gasteiger partial charge in [0.2, 0.25) is 0 Å². The quantitative estimate of drug-likeness (QED) is 0.359. The molecule has 0 atom stereocenters. The summed E-state index contributed by atoms with van der Waals surface area (Å²) in [6.07, 6.45) is 8.15. The van der Waals surface area contributed by atoms with Crippen molar-refractivity contribution < 1.29 is 4.58 Å². The van der Waals surface area contributed by atoms with Gasteiger partial charge in [-0.1, -0.05) is 72.2 Å². The Morgan fingerprint density at radius 1 is 0.724 bits per heavy atom. The first kappa shape index (κ1) is 18.8. The lowest BCUT2D eigenvalue weighted by atomic mass is 9.98. The van der Waals surface area contributed by atoms with Crippen molar-refractivity contribution >= 4 is 23.8 Å². The number of nitrogens with zero attached hydrogens (tertiary/aromatic N) is 2. The highest BCUT2D eigenvalue weighted by Crippen LogP contribution is 2.37. The monoisotopic (exact) mass is 378 g/mol. The summed E-state index contributed by atoms with van der Waals surface area (Å²) in [5.74, 6) is 0. The van der Waals surface area contributed by atoms with E-state index in [9.17, 15) is 0 Å². The molecular formula is C27H26N2. The van der Waals surface area contributed by atoms with Crippen molar-refractivity contribution in [3.8, 4) is 0 Å². The summed E-state index contributed by atoms with van der Waals surface area (Å²) in [4.78, 5) is 2.30. The second-order valence-corrected chi connectivity index (χ2v) is 7.56. The molecule has 1 heterocycles. The summed E-state index contributed by atoms with van der Waals surface area (Å²) in [6.45, 7) is 10.5. The second-order valence-electron chi connectivity index (χ2n) is 7.56. The molecule has 0 saturated heterocycles. The maximum atomic E-state index is 4.15. The molecule has 0 N–H and O–H groups in total. The van der Waals surface area contributed by atoms with Crippen molar-refractivity contribution in [2.24, 2.45) is 0 Å². The van der Waals surface area contributed by atoms with Crippen LogP contribution in [0.1, 0.15) is 22.3 Å². The zero-order valence-electron chi connectivity index (χ0n) is 17.3. The standard InChI is InChI=1S/C27H26N2/c1-20-8-13-23(14-9-20)29(24-15-10-21(2)11-16-24)25-17-12-22(3)26(19-25)27-7-5-6-18-28(27)4/h5-19H,4H2,1-3H3. The Balaban J connectivity index is 1.84. The van der Waals surface area contributed by atoms with Crippen LogP contribution in [0.2, 0.25) is 0 Å². The van der Waals surface area contributed by atoms with Gasteiger partial charge in [0.25, 0.3) is 0 Å². The van der Waals surface area contributed by atoms with Crippen molar-refractivity contribution in [1.29, 1.82) is 0 Å². The fourth-order valence-corrected chi connectivity index (χ4v) is 3.58. The summed E-state index contributed by atoms with van der Waals surface area (Å²) in [6, 6.07) is 25.1. The van der Waals surface area contributed by atoms with Gasteiger partial charge in [-0.2, -0.15) is 0 Å². The second kappa shape index (κ2) is 7.84. The van der Waals surface area contributed by atoms with Crippen molar-refractivity contribution in [2.75, 3.05) is 4.90 Å². The van der Waals surface area contributed by atoms with Gasteiger partial charge in [-0.15, -0.1) is 6.08 Å². The number of hydrogen-bond acceptors (Lipinski definition) is 1. The van der Waals surface area contributed by atoms with E-state index in [1.165, 1.54) is 22.3 Å². The minimum absolute atomic E-state index is 1.10. The van der Waals surface area contributed by atoms with Crippen LogP contribution in [0, 0.1) is 26.8 Å². The van der Waals surface area contributed by atoms with Crippen LogP contribution in [0.5, 0.6) is 0 Å². The lowest BCUT2D eigenvalue weighted by molar-refractivity contribution is -0.417. The summed E-state index contributed by atoms with van der Waals surface area (Å²) >= 11 is 0. The average Bonchev–Trinajstić information content (AvgIpc) is 2.73. The van der Waals surface area contributed by atoms with E-state index < -0.39 is 0 Å². The van der Waals surface area contributed by atoms with E-state index in [0.29, 0.717) is 0 Å². The minimum atomic E-state index is 1.10. The average molecular weight is 379 g/mol. The van der Waals surface area contributed by atoms with Crippen LogP contribution in [-0.2, 0) is 0 Å². The van der Waals surface area contributed by atoms with Gasteiger partial charge >= 0.3 is 0 Å². The molecule has 0 spiro atoms. The number of allylic oxidation sites excluding steroid dienone is 2. The molecule has 1 aliphatic rings. The van der Waals surface area contributed by atoms with Gasteiger partial charge in [0.1, 0.15) is 12.2 Å². The number of rotatable bonds is 4. The molecule has 3 aromatic rings. The Bertz CT molecular complexity index is 1040. The molecule has 0 fully saturated rings. The first-order valence-electron chi connectivity index (χ1n) is 9.89. The van der Waals surface area contributed by atoms with Gasteiger partial charge in [0, 0.05) is 17.1 Å². The zero-order valence-corrected chi connectivity index (χ0v) is 17.3. The van der Waals surface area contributed by atoms with Gasteiger partial charge < -0.3 is 4.90 Å². The van der Waals surface area contributed by atoms with E-state index in [0.717, 1.165) is 23.1 Å². The normalized spacial score (nSPS) is 13.1. The molecule has 0 bridgehead atoms. The molecule has 2 heteroatoms. The number of aryl methyl sites for hydroxylation is 3. The van der Waals surface area contributed by atoms with E-state index in [1.54, 1.807) is 0 Å². The van der Waals surface area contributed by atoms with E-state index in [4.69, 9.17) is 0 Å². The molecule has 144 valence electrons. The van der Waals surface area contributed by atoms with E-state index in [1.807, 2.05) is 16.9 Å². The van der Waals surface area contributed by atoms with Crippen LogP contribution >= 0.6 is 0 Å². The third-order valence-corrected chi connectivity index (χ3v) is 5.28. The highest BCUT2D eigenvalue weighted by atomic mass is 15.1.